The molecule has 0 aliphatic carbocycles. The highest BCUT2D eigenvalue weighted by Crippen LogP contribution is 2.27. The number of nitro groups is 1. The zero-order valence-corrected chi connectivity index (χ0v) is 16.1. The lowest BCUT2D eigenvalue weighted by molar-refractivity contribution is -0.383. The summed E-state index contributed by atoms with van der Waals surface area (Å²) >= 11 is 5.80. The Bertz CT molecular complexity index is 867. The van der Waals surface area contributed by atoms with Crippen molar-refractivity contribution in [2.75, 3.05) is 11.9 Å². The van der Waals surface area contributed by atoms with Crippen molar-refractivity contribution in [3.05, 3.63) is 68.7 Å². The van der Waals surface area contributed by atoms with Gasteiger partial charge in [-0.05, 0) is 43.7 Å². The molecule has 0 saturated heterocycles. The first-order valence-corrected chi connectivity index (χ1v) is 8.75. The number of nitrogens with one attached hydrogen (secondary N) is 1. The lowest BCUT2D eigenvalue weighted by atomic mass is 10.1. The molecule has 0 aromatic heterocycles. The highest BCUT2D eigenvalue weighted by molar-refractivity contribution is 6.31. The van der Waals surface area contributed by atoms with Gasteiger partial charge in [-0.15, -0.1) is 0 Å². The molecule has 28 heavy (non-hydrogen) atoms. The first kappa shape index (κ1) is 21.3. The number of hydrogen-bond acceptors (Lipinski definition) is 6. The smallest absolute Gasteiger partial charge is 0.338 e. The molecule has 2 aromatic rings. The van der Waals surface area contributed by atoms with Crippen LogP contribution in [0.1, 0.15) is 29.8 Å². The van der Waals surface area contributed by atoms with Crippen molar-refractivity contribution >= 4 is 34.9 Å². The molecule has 0 unspecified atom stereocenters. The molecule has 2 aromatic carbocycles. The molecule has 0 bridgehead atoms. The van der Waals surface area contributed by atoms with Crippen molar-refractivity contribution in [1.29, 1.82) is 0 Å². The van der Waals surface area contributed by atoms with E-state index >= 15 is 0 Å². The fraction of sp³-hybridized carbons (Fsp3) is 0.263. The quantitative estimate of drug-likeness (QED) is 0.403. The number of amides is 1. The Labute approximate surface area is 166 Å². The molecule has 0 saturated carbocycles. The number of anilines is 1. The number of rotatable bonds is 8. The predicted octanol–water partition coefficient (Wildman–Crippen LogP) is 3.97. The minimum absolute atomic E-state index is 0.0759. The van der Waals surface area contributed by atoms with Gasteiger partial charge in [0.05, 0.1) is 23.2 Å². The van der Waals surface area contributed by atoms with E-state index < -0.39 is 23.4 Å². The number of carbonyl (C=O) groups is 2. The number of benzene rings is 2. The van der Waals surface area contributed by atoms with Crippen LogP contribution in [0.3, 0.4) is 0 Å². The third-order valence-corrected chi connectivity index (χ3v) is 3.77. The molecule has 9 heteroatoms. The van der Waals surface area contributed by atoms with Crippen LogP contribution < -0.4 is 5.32 Å². The summed E-state index contributed by atoms with van der Waals surface area (Å²) in [4.78, 5) is 34.4. The zero-order chi connectivity index (χ0) is 20.7. The van der Waals surface area contributed by atoms with Gasteiger partial charge in [-0.2, -0.15) is 0 Å². The van der Waals surface area contributed by atoms with Gasteiger partial charge < -0.3 is 14.8 Å². The summed E-state index contributed by atoms with van der Waals surface area (Å²) in [6.07, 6.45) is 0.0958. The SMILES string of the molecule is CC(C)OCc1ccc(C(=O)OCC(=O)Nc2cc(Cl)ccc2[N+](=O)[O-])cc1. The van der Waals surface area contributed by atoms with Gasteiger partial charge in [0.25, 0.3) is 11.6 Å². The fourth-order valence-electron chi connectivity index (χ4n) is 2.17. The molecule has 0 fully saturated rings. The third-order valence-electron chi connectivity index (χ3n) is 3.54. The van der Waals surface area contributed by atoms with E-state index in [1.807, 2.05) is 13.8 Å². The maximum Gasteiger partial charge on any atom is 0.338 e. The van der Waals surface area contributed by atoms with Gasteiger partial charge in [-0.3, -0.25) is 14.9 Å². The average Bonchev–Trinajstić information content (AvgIpc) is 2.64. The fourth-order valence-corrected chi connectivity index (χ4v) is 2.34. The summed E-state index contributed by atoms with van der Waals surface area (Å²) in [6, 6.07) is 10.4. The van der Waals surface area contributed by atoms with Crippen molar-refractivity contribution in [3.8, 4) is 0 Å². The summed E-state index contributed by atoms with van der Waals surface area (Å²) < 4.78 is 10.4. The molecule has 0 aliphatic rings. The van der Waals surface area contributed by atoms with Crippen molar-refractivity contribution in [2.24, 2.45) is 0 Å². The van der Waals surface area contributed by atoms with Gasteiger partial charge in [0, 0.05) is 11.1 Å². The summed E-state index contributed by atoms with van der Waals surface area (Å²) in [5.41, 5.74) is 0.780. The van der Waals surface area contributed by atoms with Gasteiger partial charge in [-0.1, -0.05) is 23.7 Å². The van der Waals surface area contributed by atoms with E-state index in [2.05, 4.69) is 5.32 Å². The number of ether oxygens (including phenoxy) is 2. The lowest BCUT2D eigenvalue weighted by Gasteiger charge is -2.09. The van der Waals surface area contributed by atoms with Crippen LogP contribution in [0.5, 0.6) is 0 Å². The molecule has 0 aliphatic heterocycles. The molecule has 1 amide bonds. The van der Waals surface area contributed by atoms with Crippen molar-refractivity contribution in [2.45, 2.75) is 26.6 Å². The minimum Gasteiger partial charge on any atom is -0.452 e. The van der Waals surface area contributed by atoms with E-state index in [4.69, 9.17) is 21.1 Å². The van der Waals surface area contributed by atoms with Crippen LogP contribution in [0.4, 0.5) is 11.4 Å². The standard InChI is InChI=1S/C19H19ClN2O6/c1-12(2)27-10-13-3-5-14(6-4-13)19(24)28-11-18(23)21-16-9-15(20)7-8-17(16)22(25)26/h3-9,12H,10-11H2,1-2H3,(H,21,23). The van der Waals surface area contributed by atoms with Crippen molar-refractivity contribution in [1.82, 2.24) is 0 Å². The van der Waals surface area contributed by atoms with Crippen LogP contribution in [-0.4, -0.2) is 29.5 Å². The second-order valence-electron chi connectivity index (χ2n) is 6.10. The number of carbonyl (C=O) groups excluding carboxylic acids is 2. The van der Waals surface area contributed by atoms with Crippen LogP contribution in [0, 0.1) is 10.1 Å². The first-order valence-electron chi connectivity index (χ1n) is 8.37. The van der Waals surface area contributed by atoms with Gasteiger partial charge in [0.15, 0.2) is 6.61 Å². The Morgan fingerprint density at radius 2 is 1.86 bits per heavy atom. The minimum atomic E-state index is -0.722. The van der Waals surface area contributed by atoms with Crippen molar-refractivity contribution < 1.29 is 24.0 Å². The van der Waals surface area contributed by atoms with E-state index in [1.54, 1.807) is 24.3 Å². The Morgan fingerprint density at radius 1 is 1.18 bits per heavy atom. The van der Waals surface area contributed by atoms with E-state index in [0.29, 0.717) is 6.61 Å². The lowest BCUT2D eigenvalue weighted by Crippen LogP contribution is -2.21. The van der Waals surface area contributed by atoms with Gasteiger partial charge >= 0.3 is 5.97 Å². The predicted molar refractivity (Wildman–Crippen MR) is 103 cm³/mol. The zero-order valence-electron chi connectivity index (χ0n) is 15.3. The van der Waals surface area contributed by atoms with Crippen LogP contribution in [0.25, 0.3) is 0 Å². The highest BCUT2D eigenvalue weighted by atomic mass is 35.5. The second kappa shape index (κ2) is 9.82. The van der Waals surface area contributed by atoms with E-state index in [-0.39, 0.29) is 28.1 Å². The Hall–Kier alpha value is -2.97. The Kier molecular flexibility index (Phi) is 7.48. The third kappa shape index (κ3) is 6.33. The average molecular weight is 407 g/mol. The van der Waals surface area contributed by atoms with Gasteiger partial charge in [-0.25, -0.2) is 4.79 Å². The number of esters is 1. The highest BCUT2D eigenvalue weighted by Gasteiger charge is 2.17. The van der Waals surface area contributed by atoms with E-state index in [9.17, 15) is 19.7 Å². The van der Waals surface area contributed by atoms with Crippen LogP contribution in [0.2, 0.25) is 5.02 Å². The summed E-state index contributed by atoms with van der Waals surface area (Å²) in [5.74, 6) is -1.41. The maximum absolute atomic E-state index is 12.0. The molecule has 8 nitrogen and oxygen atoms in total. The molecule has 0 atom stereocenters. The van der Waals surface area contributed by atoms with Gasteiger partial charge in [0.1, 0.15) is 5.69 Å². The molecule has 2 rings (SSSR count). The Morgan fingerprint density at radius 3 is 2.46 bits per heavy atom. The van der Waals surface area contributed by atoms with Crippen LogP contribution in [-0.2, 0) is 20.9 Å². The monoisotopic (exact) mass is 406 g/mol. The molecular weight excluding hydrogens is 388 g/mol. The summed E-state index contributed by atoms with van der Waals surface area (Å²) in [7, 11) is 0. The number of hydrogen-bond donors (Lipinski definition) is 1. The van der Waals surface area contributed by atoms with Crippen LogP contribution in [0.15, 0.2) is 42.5 Å². The molecule has 0 heterocycles. The van der Waals surface area contributed by atoms with Gasteiger partial charge in [0.2, 0.25) is 0 Å². The molecule has 0 radical (unpaired) electrons. The summed E-state index contributed by atoms with van der Waals surface area (Å²) in [5, 5.41) is 13.5. The molecule has 148 valence electrons. The first-order chi connectivity index (χ1) is 13.3. The second-order valence-corrected chi connectivity index (χ2v) is 6.54. The maximum atomic E-state index is 12.0. The van der Waals surface area contributed by atoms with E-state index in [0.717, 1.165) is 5.56 Å². The number of nitro benzene ring substituents is 1. The topological polar surface area (TPSA) is 108 Å². The van der Waals surface area contributed by atoms with Crippen LogP contribution >= 0.6 is 11.6 Å². The molecular formula is C19H19ClN2O6. The largest absolute Gasteiger partial charge is 0.452 e. The molecule has 0 spiro atoms. The number of halogens is 1. The Balaban J connectivity index is 1.91. The molecule has 1 N–H and O–H groups in total. The summed E-state index contributed by atoms with van der Waals surface area (Å²) in [6.45, 7) is 3.68. The van der Waals surface area contributed by atoms with Crippen molar-refractivity contribution in [3.63, 3.8) is 0 Å². The normalized spacial score (nSPS) is 10.6. The van der Waals surface area contributed by atoms with E-state index in [1.165, 1.54) is 18.2 Å². The number of nitrogens with zero attached hydrogens (tertiary/aromatic N) is 1.